The normalized spacial score (nSPS) is 13.0. The molecule has 2 N–H and O–H groups in total. The maximum absolute atomic E-state index is 13.4. The number of carbonyl (C=O) groups excluding carboxylic acids is 1. The number of pyridine rings is 1. The Morgan fingerprint density at radius 2 is 1.67 bits per heavy atom. The van der Waals surface area contributed by atoms with Crippen molar-refractivity contribution < 1.29 is 36.9 Å². The summed E-state index contributed by atoms with van der Waals surface area (Å²) in [6, 6.07) is 21.2. The molecule has 2 aromatic carbocycles. The van der Waals surface area contributed by atoms with Crippen molar-refractivity contribution >= 4 is 33.7 Å². The summed E-state index contributed by atoms with van der Waals surface area (Å²) < 4.78 is 57.7. The SMILES string of the molecule is COc1ccccc1Oc1c(NS(=O)(=O)CCc2ccccc2)nc(N2CCOCC2)nc1OCCOC(=O)Nc1ccccn1. The van der Waals surface area contributed by atoms with Crippen LogP contribution in [0.1, 0.15) is 5.56 Å². The lowest BCUT2D eigenvalue weighted by Gasteiger charge is -2.28. The van der Waals surface area contributed by atoms with Crippen molar-refractivity contribution in [2.75, 3.05) is 67.3 Å². The molecule has 5 rings (SSSR count). The summed E-state index contributed by atoms with van der Waals surface area (Å²) in [5.41, 5.74) is 0.867. The summed E-state index contributed by atoms with van der Waals surface area (Å²) in [6.07, 6.45) is 1.09. The second kappa shape index (κ2) is 15.7. The molecule has 4 aromatic rings. The molecule has 0 aliphatic carbocycles. The molecule has 0 unspecified atom stereocenters. The Kier molecular flexibility index (Phi) is 11.0. The van der Waals surface area contributed by atoms with Crippen molar-refractivity contribution in [2.45, 2.75) is 6.42 Å². The van der Waals surface area contributed by atoms with Crippen LogP contribution < -0.4 is 29.1 Å². The molecule has 3 heterocycles. The quantitative estimate of drug-likeness (QED) is 0.188. The number of anilines is 3. The number of nitrogens with zero attached hydrogens (tertiary/aromatic N) is 4. The number of aromatic nitrogens is 3. The molecule has 0 saturated carbocycles. The van der Waals surface area contributed by atoms with E-state index in [-0.39, 0.29) is 54.5 Å². The van der Waals surface area contributed by atoms with E-state index in [0.717, 1.165) is 5.56 Å². The third kappa shape index (κ3) is 9.18. The standard InChI is InChI=1S/C31H34N6O8S/c1-41-24-11-5-6-12-25(24)45-27-28(36-46(39,40)22-14-23-9-3-2-4-10-23)34-30(37-16-18-42-19-17-37)35-29(27)43-20-21-44-31(38)33-26-13-7-8-15-32-26/h2-13,15H,14,16-22H2,1H3,(H,32,33,38)(H,34,35,36). The summed E-state index contributed by atoms with van der Waals surface area (Å²) >= 11 is 0. The predicted octanol–water partition coefficient (Wildman–Crippen LogP) is 4.12. The van der Waals surface area contributed by atoms with Crippen LogP contribution in [0.15, 0.2) is 79.0 Å². The van der Waals surface area contributed by atoms with Gasteiger partial charge in [0.2, 0.25) is 21.7 Å². The summed E-state index contributed by atoms with van der Waals surface area (Å²) in [4.78, 5) is 27.3. The van der Waals surface area contributed by atoms with Crippen LogP contribution in [0.3, 0.4) is 0 Å². The Balaban J connectivity index is 1.42. The zero-order valence-corrected chi connectivity index (χ0v) is 25.9. The fourth-order valence-corrected chi connectivity index (χ4v) is 5.38. The van der Waals surface area contributed by atoms with Crippen molar-refractivity contribution in [1.82, 2.24) is 15.0 Å². The van der Waals surface area contributed by atoms with Gasteiger partial charge in [0.1, 0.15) is 19.0 Å². The van der Waals surface area contributed by atoms with Crippen LogP contribution in [0.25, 0.3) is 0 Å². The Hall–Kier alpha value is -5.15. The fraction of sp³-hybridized carbons (Fsp3) is 0.290. The van der Waals surface area contributed by atoms with E-state index in [2.05, 4.69) is 25.0 Å². The summed E-state index contributed by atoms with van der Waals surface area (Å²) in [5, 5.41) is 2.52. The Morgan fingerprint density at radius 1 is 0.935 bits per heavy atom. The molecule has 1 aliphatic rings. The Bertz CT molecular complexity index is 1690. The highest BCUT2D eigenvalue weighted by Crippen LogP contribution is 2.41. The van der Waals surface area contributed by atoms with Crippen LogP contribution >= 0.6 is 0 Å². The molecule has 46 heavy (non-hydrogen) atoms. The topological polar surface area (TPSA) is 163 Å². The highest BCUT2D eigenvalue weighted by atomic mass is 32.2. The number of amides is 1. The van der Waals surface area contributed by atoms with Gasteiger partial charge in [-0.3, -0.25) is 10.0 Å². The van der Waals surface area contributed by atoms with Crippen LogP contribution in [0.2, 0.25) is 0 Å². The molecule has 0 atom stereocenters. The van der Waals surface area contributed by atoms with E-state index in [1.54, 1.807) is 42.5 Å². The minimum Gasteiger partial charge on any atom is -0.493 e. The van der Waals surface area contributed by atoms with E-state index in [1.807, 2.05) is 35.2 Å². The molecule has 2 aromatic heterocycles. The number of para-hydroxylation sites is 2. The molecule has 0 bridgehead atoms. The smallest absolute Gasteiger partial charge is 0.412 e. The van der Waals surface area contributed by atoms with E-state index in [0.29, 0.717) is 37.9 Å². The molecule has 1 fully saturated rings. The molecular formula is C31H34N6O8S. The largest absolute Gasteiger partial charge is 0.493 e. The number of carbonyl (C=O) groups is 1. The van der Waals surface area contributed by atoms with Crippen molar-refractivity contribution in [2.24, 2.45) is 0 Å². The van der Waals surface area contributed by atoms with E-state index in [1.165, 1.54) is 13.3 Å². The number of sulfonamides is 1. The van der Waals surface area contributed by atoms with Crippen molar-refractivity contribution in [3.8, 4) is 23.1 Å². The van der Waals surface area contributed by atoms with Gasteiger partial charge in [-0.25, -0.2) is 18.2 Å². The molecule has 0 radical (unpaired) electrons. The van der Waals surface area contributed by atoms with Gasteiger partial charge in [0, 0.05) is 19.3 Å². The number of hydrogen-bond acceptors (Lipinski definition) is 12. The first-order valence-electron chi connectivity index (χ1n) is 14.5. The Labute approximate surface area is 266 Å². The van der Waals surface area contributed by atoms with E-state index in [4.69, 9.17) is 23.7 Å². The van der Waals surface area contributed by atoms with Crippen LogP contribution in [0.4, 0.5) is 22.4 Å². The first-order valence-corrected chi connectivity index (χ1v) is 16.1. The van der Waals surface area contributed by atoms with Crippen LogP contribution in [0.5, 0.6) is 23.1 Å². The molecule has 1 amide bonds. The molecule has 1 aliphatic heterocycles. The average Bonchev–Trinajstić information content (AvgIpc) is 3.08. The lowest BCUT2D eigenvalue weighted by atomic mass is 10.2. The Morgan fingerprint density at radius 3 is 2.41 bits per heavy atom. The zero-order chi connectivity index (χ0) is 32.2. The minimum atomic E-state index is -3.93. The lowest BCUT2D eigenvalue weighted by Crippen LogP contribution is -2.37. The number of rotatable bonds is 14. The number of nitrogens with one attached hydrogen (secondary N) is 2. The number of methoxy groups -OCH3 is 1. The highest BCUT2D eigenvalue weighted by Gasteiger charge is 2.26. The second-order valence-corrected chi connectivity index (χ2v) is 11.7. The predicted molar refractivity (Wildman–Crippen MR) is 170 cm³/mol. The molecule has 15 heteroatoms. The van der Waals surface area contributed by atoms with Gasteiger partial charge in [-0.15, -0.1) is 0 Å². The van der Waals surface area contributed by atoms with Crippen LogP contribution in [-0.4, -0.2) is 81.8 Å². The number of hydrogen-bond donors (Lipinski definition) is 2. The first kappa shape index (κ1) is 32.2. The first-order chi connectivity index (χ1) is 22.4. The van der Waals surface area contributed by atoms with Gasteiger partial charge in [0.05, 0.1) is 26.1 Å². The van der Waals surface area contributed by atoms with Crippen LogP contribution in [-0.2, 0) is 25.9 Å². The number of ether oxygens (including phenoxy) is 5. The van der Waals surface area contributed by atoms with Gasteiger partial charge >= 0.3 is 6.09 Å². The third-order valence-electron chi connectivity index (χ3n) is 6.60. The second-order valence-electron chi connectivity index (χ2n) is 9.84. The number of aryl methyl sites for hydroxylation is 1. The van der Waals surface area contributed by atoms with Gasteiger partial charge in [-0.2, -0.15) is 9.97 Å². The van der Waals surface area contributed by atoms with Crippen molar-refractivity contribution in [1.29, 1.82) is 0 Å². The fourth-order valence-electron chi connectivity index (χ4n) is 4.34. The van der Waals surface area contributed by atoms with E-state index in [9.17, 15) is 13.2 Å². The number of benzene rings is 2. The van der Waals surface area contributed by atoms with Crippen LogP contribution in [0, 0.1) is 0 Å². The monoisotopic (exact) mass is 650 g/mol. The third-order valence-corrected chi connectivity index (χ3v) is 7.85. The summed E-state index contributed by atoms with van der Waals surface area (Å²) in [6.45, 7) is 1.53. The zero-order valence-electron chi connectivity index (χ0n) is 25.1. The lowest BCUT2D eigenvalue weighted by molar-refractivity contribution is 0.121. The van der Waals surface area contributed by atoms with Crippen molar-refractivity contribution in [3.05, 3.63) is 84.6 Å². The average molecular weight is 651 g/mol. The highest BCUT2D eigenvalue weighted by molar-refractivity contribution is 7.92. The number of morpholine rings is 1. The van der Waals surface area contributed by atoms with Crippen molar-refractivity contribution in [3.63, 3.8) is 0 Å². The van der Waals surface area contributed by atoms with Gasteiger partial charge < -0.3 is 28.6 Å². The molecule has 242 valence electrons. The van der Waals surface area contributed by atoms with Gasteiger partial charge in [0.25, 0.3) is 5.88 Å². The molecule has 0 spiro atoms. The van der Waals surface area contributed by atoms with Gasteiger partial charge in [0.15, 0.2) is 17.3 Å². The minimum absolute atomic E-state index is 0.0723. The maximum Gasteiger partial charge on any atom is 0.412 e. The maximum atomic E-state index is 13.4. The van der Waals surface area contributed by atoms with Gasteiger partial charge in [-0.1, -0.05) is 48.5 Å². The molecule has 14 nitrogen and oxygen atoms in total. The van der Waals surface area contributed by atoms with E-state index >= 15 is 0 Å². The molecular weight excluding hydrogens is 616 g/mol. The molecule has 1 saturated heterocycles. The van der Waals surface area contributed by atoms with E-state index < -0.39 is 16.1 Å². The van der Waals surface area contributed by atoms with Gasteiger partial charge in [-0.05, 0) is 36.2 Å². The summed E-state index contributed by atoms with van der Waals surface area (Å²) in [7, 11) is -2.44. The summed E-state index contributed by atoms with van der Waals surface area (Å²) in [5.74, 6) is 0.693.